The Balaban J connectivity index is 3.41. The van der Waals surface area contributed by atoms with Crippen molar-refractivity contribution in [3.05, 3.63) is 10.2 Å². The summed E-state index contributed by atoms with van der Waals surface area (Å²) in [4.78, 5) is 0. The van der Waals surface area contributed by atoms with E-state index in [0.717, 1.165) is 0 Å². The molecule has 0 bridgehead atoms. The van der Waals surface area contributed by atoms with Crippen LogP contribution >= 0.6 is 0 Å². The standard InChI is InChI=1S/C15H29OSi.3C4H9.Sn/c1-7-15(14(2,3)4,16-17(5)6)13-11-9-8-10-12-13;3*1-3-4-2;/h1,7,13,17H,8-12H2,2-6H3;3*1,3-4H2,2H3;/t15-;;;;/m1..../s1. The Morgan fingerprint density at radius 3 is 1.67 bits per heavy atom. The first-order chi connectivity index (χ1) is 14.2. The molecule has 0 unspecified atom stereocenters. The van der Waals surface area contributed by atoms with Crippen molar-refractivity contribution in [2.75, 3.05) is 0 Å². The summed E-state index contributed by atoms with van der Waals surface area (Å²) in [6, 6.07) is 0. The van der Waals surface area contributed by atoms with Gasteiger partial charge in [-0.3, -0.25) is 0 Å². The Morgan fingerprint density at radius 2 is 1.30 bits per heavy atom. The van der Waals surface area contributed by atoms with Gasteiger partial charge in [-0.05, 0) is 0 Å². The molecule has 0 aromatic carbocycles. The van der Waals surface area contributed by atoms with E-state index >= 15 is 0 Å². The Hall–Kier alpha value is 0.716. The molecule has 3 heteroatoms. The summed E-state index contributed by atoms with van der Waals surface area (Å²) < 4.78 is 14.7. The Kier molecular flexibility index (Phi) is 13.5. The summed E-state index contributed by atoms with van der Waals surface area (Å²) in [6.07, 6.45) is 18.1. The van der Waals surface area contributed by atoms with E-state index in [4.69, 9.17) is 4.43 Å². The van der Waals surface area contributed by atoms with Crippen molar-refractivity contribution in [2.45, 2.75) is 144 Å². The molecule has 1 aliphatic rings. The third-order valence-corrected chi connectivity index (χ3v) is 22.5. The first-order valence-corrected chi connectivity index (χ1v) is 24.0. The van der Waals surface area contributed by atoms with Crippen LogP contribution in [0.1, 0.15) is 112 Å². The second-order valence-electron chi connectivity index (χ2n) is 11.6. The van der Waals surface area contributed by atoms with Crippen LogP contribution in [0.15, 0.2) is 10.2 Å². The van der Waals surface area contributed by atoms with Crippen LogP contribution in [0.4, 0.5) is 0 Å². The predicted molar refractivity (Wildman–Crippen MR) is 143 cm³/mol. The molecular formula is C27H56OSiSn. The van der Waals surface area contributed by atoms with Crippen LogP contribution < -0.4 is 0 Å². The molecule has 0 N–H and O–H groups in total. The number of unbranched alkanes of at least 4 members (excludes halogenated alkanes) is 3. The molecule has 0 heterocycles. The molecule has 0 aromatic rings. The van der Waals surface area contributed by atoms with Crippen LogP contribution in [0, 0.1) is 11.3 Å². The van der Waals surface area contributed by atoms with E-state index in [0.29, 0.717) is 5.92 Å². The van der Waals surface area contributed by atoms with Gasteiger partial charge in [-0.25, -0.2) is 0 Å². The average Bonchev–Trinajstić information content (AvgIpc) is 2.71. The van der Waals surface area contributed by atoms with Crippen molar-refractivity contribution < 1.29 is 4.43 Å². The van der Waals surface area contributed by atoms with Crippen LogP contribution in [0.5, 0.6) is 0 Å². The maximum atomic E-state index is 7.14. The molecule has 0 saturated heterocycles. The van der Waals surface area contributed by atoms with Crippen molar-refractivity contribution in [1.82, 2.24) is 0 Å². The topological polar surface area (TPSA) is 9.23 Å². The van der Waals surface area contributed by atoms with Gasteiger partial charge < -0.3 is 0 Å². The molecule has 0 radical (unpaired) electrons. The third kappa shape index (κ3) is 8.58. The fraction of sp³-hybridized carbons (Fsp3) is 0.926. The fourth-order valence-electron chi connectivity index (χ4n) is 5.74. The number of hydrogen-bond acceptors (Lipinski definition) is 1. The van der Waals surface area contributed by atoms with Gasteiger partial charge >= 0.3 is 198 Å². The first kappa shape index (κ1) is 28.7. The molecule has 0 spiro atoms. The van der Waals surface area contributed by atoms with E-state index in [9.17, 15) is 0 Å². The molecule has 178 valence electrons. The van der Waals surface area contributed by atoms with Gasteiger partial charge in [-0.15, -0.1) is 0 Å². The van der Waals surface area contributed by atoms with E-state index in [2.05, 4.69) is 64.8 Å². The monoisotopic (exact) mass is 544 g/mol. The van der Waals surface area contributed by atoms with Gasteiger partial charge in [0.25, 0.3) is 0 Å². The molecule has 1 atom stereocenters. The normalized spacial score (nSPS) is 19.0. The Bertz CT molecular complexity index is 454. The van der Waals surface area contributed by atoms with Gasteiger partial charge in [0.2, 0.25) is 0 Å². The van der Waals surface area contributed by atoms with Crippen molar-refractivity contribution in [2.24, 2.45) is 11.3 Å². The van der Waals surface area contributed by atoms with Crippen molar-refractivity contribution in [3.8, 4) is 0 Å². The van der Waals surface area contributed by atoms with Crippen LogP contribution in [0.2, 0.25) is 26.4 Å². The molecular weight excluding hydrogens is 487 g/mol. The zero-order valence-corrected chi connectivity index (χ0v) is 26.1. The van der Waals surface area contributed by atoms with Crippen molar-refractivity contribution >= 4 is 27.4 Å². The minimum atomic E-state index is -2.32. The van der Waals surface area contributed by atoms with E-state index in [1.54, 1.807) is 13.3 Å². The van der Waals surface area contributed by atoms with Crippen LogP contribution in [-0.2, 0) is 4.43 Å². The molecule has 30 heavy (non-hydrogen) atoms. The van der Waals surface area contributed by atoms with E-state index in [1.807, 2.05) is 0 Å². The molecule has 0 amide bonds. The second-order valence-corrected chi connectivity index (χ2v) is 26.9. The first-order valence-electron chi connectivity index (χ1n) is 13.5. The fourth-order valence-corrected chi connectivity index (χ4v) is 21.5. The second kappa shape index (κ2) is 14.1. The van der Waals surface area contributed by atoms with Gasteiger partial charge in [0.1, 0.15) is 0 Å². The van der Waals surface area contributed by atoms with Crippen LogP contribution in [-0.4, -0.2) is 33.0 Å². The Morgan fingerprint density at radius 1 is 0.833 bits per heavy atom. The molecule has 1 nitrogen and oxygen atoms in total. The van der Waals surface area contributed by atoms with E-state index in [1.165, 1.54) is 70.6 Å². The summed E-state index contributed by atoms with van der Waals surface area (Å²) in [5.74, 6) is 0.713. The molecule has 1 aliphatic carbocycles. The Labute approximate surface area is 196 Å². The molecule has 1 saturated carbocycles. The van der Waals surface area contributed by atoms with Crippen molar-refractivity contribution in [3.63, 3.8) is 0 Å². The maximum absolute atomic E-state index is 7.14. The van der Waals surface area contributed by atoms with E-state index < -0.39 is 27.4 Å². The summed E-state index contributed by atoms with van der Waals surface area (Å²) in [5.41, 5.74) is 0.126. The molecule has 1 fully saturated rings. The van der Waals surface area contributed by atoms with Gasteiger partial charge in [-0.2, -0.15) is 0 Å². The van der Waals surface area contributed by atoms with Crippen LogP contribution in [0.3, 0.4) is 0 Å². The summed E-state index contributed by atoms with van der Waals surface area (Å²) >= 11 is -2.32. The zero-order valence-electron chi connectivity index (χ0n) is 22.1. The molecule has 0 aromatic heterocycles. The minimum absolute atomic E-state index is 0.0410. The van der Waals surface area contributed by atoms with Gasteiger partial charge in [-0.1, -0.05) is 0 Å². The SMILES string of the molecule is CCC[CH2][Sn]([CH]=C[C@@](O[SiH](C)C)(C1CCCCC1)C(C)(C)C)([CH2]CCC)[CH2]CCC. The zero-order chi connectivity index (χ0) is 22.7. The van der Waals surface area contributed by atoms with Gasteiger partial charge in [0.15, 0.2) is 0 Å². The van der Waals surface area contributed by atoms with Gasteiger partial charge in [0, 0.05) is 0 Å². The number of rotatable bonds is 14. The van der Waals surface area contributed by atoms with Crippen LogP contribution in [0.25, 0.3) is 0 Å². The predicted octanol–water partition coefficient (Wildman–Crippen LogP) is 9.30. The third-order valence-electron chi connectivity index (χ3n) is 7.58. The van der Waals surface area contributed by atoms with Crippen molar-refractivity contribution in [1.29, 1.82) is 0 Å². The summed E-state index contributed by atoms with van der Waals surface area (Å²) in [5, 5.41) is 0. The number of hydrogen-bond donors (Lipinski definition) is 0. The molecule has 0 aliphatic heterocycles. The van der Waals surface area contributed by atoms with Gasteiger partial charge in [0.05, 0.1) is 0 Å². The van der Waals surface area contributed by atoms with E-state index in [-0.39, 0.29) is 11.0 Å². The average molecular weight is 544 g/mol. The summed E-state index contributed by atoms with van der Waals surface area (Å²) in [6.45, 7) is 19.3. The quantitative estimate of drug-likeness (QED) is 0.198. The molecule has 1 rings (SSSR count). The summed E-state index contributed by atoms with van der Waals surface area (Å²) in [7, 11) is -1.15.